The first-order valence-corrected chi connectivity index (χ1v) is 8.09. The predicted molar refractivity (Wildman–Crippen MR) is 85.9 cm³/mol. The molecule has 0 amide bonds. The van der Waals surface area contributed by atoms with Gasteiger partial charge in [-0.3, -0.25) is 0 Å². The lowest BCUT2D eigenvalue weighted by atomic mass is 9.96. The SMILES string of the molecule is CC(C)(C)c1nnc2ccc(N[C@@H](CO)C3CCCC3)nn12. The fourth-order valence-corrected chi connectivity index (χ4v) is 3.20. The van der Waals surface area contributed by atoms with Crippen molar-refractivity contribution >= 4 is 11.5 Å². The zero-order valence-electron chi connectivity index (χ0n) is 13.6. The van der Waals surface area contributed by atoms with Crippen LogP contribution >= 0.6 is 0 Å². The summed E-state index contributed by atoms with van der Waals surface area (Å²) < 4.78 is 1.80. The van der Waals surface area contributed by atoms with Crippen molar-refractivity contribution in [2.45, 2.75) is 57.9 Å². The third kappa shape index (κ3) is 2.92. The molecule has 0 bridgehead atoms. The van der Waals surface area contributed by atoms with E-state index in [1.807, 2.05) is 12.1 Å². The summed E-state index contributed by atoms with van der Waals surface area (Å²) in [4.78, 5) is 0. The molecular formula is C16H25N5O. The first-order valence-electron chi connectivity index (χ1n) is 8.09. The Morgan fingerprint density at radius 1 is 1.27 bits per heavy atom. The van der Waals surface area contributed by atoms with Crippen molar-refractivity contribution in [3.05, 3.63) is 18.0 Å². The molecule has 0 spiro atoms. The Kier molecular flexibility index (Phi) is 4.04. The molecule has 0 radical (unpaired) electrons. The maximum Gasteiger partial charge on any atom is 0.178 e. The van der Waals surface area contributed by atoms with E-state index in [-0.39, 0.29) is 18.1 Å². The second-order valence-electron chi connectivity index (χ2n) is 7.24. The molecule has 6 heteroatoms. The van der Waals surface area contributed by atoms with Crippen LogP contribution in [-0.2, 0) is 5.41 Å². The number of nitrogens with zero attached hydrogens (tertiary/aromatic N) is 4. The molecule has 1 saturated carbocycles. The van der Waals surface area contributed by atoms with Gasteiger partial charge in [0.15, 0.2) is 11.5 Å². The average Bonchev–Trinajstić information content (AvgIpc) is 3.12. The Morgan fingerprint density at radius 2 is 2.00 bits per heavy atom. The average molecular weight is 303 g/mol. The maximum atomic E-state index is 9.68. The van der Waals surface area contributed by atoms with Crippen LogP contribution in [0.25, 0.3) is 5.65 Å². The molecule has 6 nitrogen and oxygen atoms in total. The monoisotopic (exact) mass is 303 g/mol. The molecule has 1 aliphatic carbocycles. The number of nitrogens with one attached hydrogen (secondary N) is 1. The second-order valence-corrected chi connectivity index (χ2v) is 7.24. The van der Waals surface area contributed by atoms with Gasteiger partial charge in [0, 0.05) is 5.41 Å². The highest BCUT2D eigenvalue weighted by molar-refractivity contribution is 5.45. The topological polar surface area (TPSA) is 75.3 Å². The number of hydrogen-bond donors (Lipinski definition) is 2. The van der Waals surface area contributed by atoms with Gasteiger partial charge in [0.05, 0.1) is 12.6 Å². The Labute approximate surface area is 130 Å². The molecule has 1 atom stereocenters. The highest BCUT2D eigenvalue weighted by Crippen LogP contribution is 2.29. The van der Waals surface area contributed by atoms with Crippen LogP contribution in [0.4, 0.5) is 5.82 Å². The number of rotatable bonds is 4. The molecule has 0 aromatic carbocycles. The van der Waals surface area contributed by atoms with Crippen molar-refractivity contribution in [1.29, 1.82) is 0 Å². The Hall–Kier alpha value is -1.69. The number of fused-ring (bicyclic) bond motifs is 1. The molecule has 2 N–H and O–H groups in total. The Bertz CT molecular complexity index is 640. The first-order chi connectivity index (χ1) is 10.5. The molecule has 2 aromatic heterocycles. The van der Waals surface area contributed by atoms with Gasteiger partial charge in [0.2, 0.25) is 0 Å². The number of anilines is 1. The van der Waals surface area contributed by atoms with Crippen molar-refractivity contribution in [3.63, 3.8) is 0 Å². The van der Waals surface area contributed by atoms with E-state index >= 15 is 0 Å². The predicted octanol–water partition coefficient (Wildman–Crippen LogP) is 2.38. The standard InChI is InChI=1S/C16H25N5O/c1-16(2,3)15-19-18-14-9-8-13(20-21(14)15)17-12(10-22)11-6-4-5-7-11/h8-9,11-12,22H,4-7,10H2,1-3H3,(H,17,20)/t12-/m0/s1. The molecule has 120 valence electrons. The van der Waals surface area contributed by atoms with E-state index in [1.165, 1.54) is 25.7 Å². The van der Waals surface area contributed by atoms with Crippen molar-refractivity contribution in [1.82, 2.24) is 19.8 Å². The van der Waals surface area contributed by atoms with Crippen LogP contribution in [-0.4, -0.2) is 37.6 Å². The van der Waals surface area contributed by atoms with E-state index in [4.69, 9.17) is 0 Å². The molecular weight excluding hydrogens is 278 g/mol. The maximum absolute atomic E-state index is 9.68. The van der Waals surface area contributed by atoms with Crippen molar-refractivity contribution in [2.75, 3.05) is 11.9 Å². The van der Waals surface area contributed by atoms with Gasteiger partial charge in [-0.2, -0.15) is 4.52 Å². The lowest BCUT2D eigenvalue weighted by Crippen LogP contribution is -2.32. The fraction of sp³-hybridized carbons (Fsp3) is 0.688. The summed E-state index contributed by atoms with van der Waals surface area (Å²) in [7, 11) is 0. The molecule has 22 heavy (non-hydrogen) atoms. The fourth-order valence-electron chi connectivity index (χ4n) is 3.20. The zero-order valence-corrected chi connectivity index (χ0v) is 13.6. The van der Waals surface area contributed by atoms with Gasteiger partial charge in [0.25, 0.3) is 0 Å². The van der Waals surface area contributed by atoms with Crippen LogP contribution in [0, 0.1) is 5.92 Å². The van der Waals surface area contributed by atoms with E-state index in [0.717, 1.165) is 17.3 Å². The summed E-state index contributed by atoms with van der Waals surface area (Å²) in [6, 6.07) is 3.90. The molecule has 0 aliphatic heterocycles. The Morgan fingerprint density at radius 3 is 2.64 bits per heavy atom. The number of aromatic nitrogens is 4. The van der Waals surface area contributed by atoms with Crippen LogP contribution in [0.5, 0.6) is 0 Å². The van der Waals surface area contributed by atoms with Gasteiger partial charge < -0.3 is 10.4 Å². The van der Waals surface area contributed by atoms with Crippen molar-refractivity contribution in [3.8, 4) is 0 Å². The van der Waals surface area contributed by atoms with Crippen LogP contribution in [0.15, 0.2) is 12.1 Å². The number of hydrogen-bond acceptors (Lipinski definition) is 5. The van der Waals surface area contributed by atoms with Crippen LogP contribution in [0.1, 0.15) is 52.3 Å². The quantitative estimate of drug-likeness (QED) is 0.907. The van der Waals surface area contributed by atoms with Crippen LogP contribution < -0.4 is 5.32 Å². The van der Waals surface area contributed by atoms with Gasteiger partial charge in [-0.1, -0.05) is 33.6 Å². The minimum Gasteiger partial charge on any atom is -0.394 e. The van der Waals surface area contributed by atoms with Crippen molar-refractivity contribution < 1.29 is 5.11 Å². The first kappa shape index (κ1) is 15.2. The van der Waals surface area contributed by atoms with E-state index in [2.05, 4.69) is 41.4 Å². The summed E-state index contributed by atoms with van der Waals surface area (Å²) in [6.45, 7) is 6.43. The summed E-state index contributed by atoms with van der Waals surface area (Å²) in [5, 5.41) is 26.1. The summed E-state index contributed by atoms with van der Waals surface area (Å²) >= 11 is 0. The van der Waals surface area contributed by atoms with Crippen LogP contribution in [0.2, 0.25) is 0 Å². The molecule has 1 fully saturated rings. The molecule has 0 unspecified atom stereocenters. The molecule has 2 aromatic rings. The summed E-state index contributed by atoms with van der Waals surface area (Å²) in [5.41, 5.74) is 0.629. The summed E-state index contributed by atoms with van der Waals surface area (Å²) in [6.07, 6.45) is 4.88. The highest BCUT2D eigenvalue weighted by atomic mass is 16.3. The second kappa shape index (κ2) is 5.83. The third-order valence-corrected chi connectivity index (χ3v) is 4.43. The normalized spacial score (nSPS) is 18.0. The van der Waals surface area contributed by atoms with Gasteiger partial charge in [0.1, 0.15) is 5.82 Å². The lowest BCUT2D eigenvalue weighted by Gasteiger charge is -2.23. The molecule has 3 rings (SSSR count). The molecule has 0 saturated heterocycles. The highest BCUT2D eigenvalue weighted by Gasteiger charge is 2.25. The van der Waals surface area contributed by atoms with E-state index in [0.29, 0.717) is 5.92 Å². The minimum atomic E-state index is -0.118. The van der Waals surface area contributed by atoms with Gasteiger partial charge in [-0.15, -0.1) is 15.3 Å². The number of aliphatic hydroxyl groups is 1. The molecule has 1 aliphatic rings. The molecule has 2 heterocycles. The summed E-state index contributed by atoms with van der Waals surface area (Å²) in [5.74, 6) is 2.14. The van der Waals surface area contributed by atoms with Gasteiger partial charge in [-0.05, 0) is 30.9 Å². The van der Waals surface area contributed by atoms with Crippen molar-refractivity contribution in [2.24, 2.45) is 5.92 Å². The van der Waals surface area contributed by atoms with Crippen LogP contribution in [0.3, 0.4) is 0 Å². The van der Waals surface area contributed by atoms with E-state index in [9.17, 15) is 5.11 Å². The van der Waals surface area contributed by atoms with Gasteiger partial charge >= 0.3 is 0 Å². The smallest absolute Gasteiger partial charge is 0.178 e. The minimum absolute atomic E-state index is 0.0713. The van der Waals surface area contributed by atoms with E-state index in [1.54, 1.807) is 4.52 Å². The largest absolute Gasteiger partial charge is 0.394 e. The Balaban J connectivity index is 1.87. The number of aliphatic hydroxyl groups excluding tert-OH is 1. The lowest BCUT2D eigenvalue weighted by molar-refractivity contribution is 0.238. The third-order valence-electron chi connectivity index (χ3n) is 4.43. The van der Waals surface area contributed by atoms with Gasteiger partial charge in [-0.25, -0.2) is 0 Å². The zero-order chi connectivity index (χ0) is 15.7. The van der Waals surface area contributed by atoms with E-state index < -0.39 is 0 Å².